The van der Waals surface area contributed by atoms with Gasteiger partial charge in [0, 0.05) is 19.0 Å². The molecule has 0 spiro atoms. The van der Waals surface area contributed by atoms with Crippen molar-refractivity contribution in [2.45, 2.75) is 13.3 Å². The van der Waals surface area contributed by atoms with E-state index in [-0.39, 0.29) is 5.97 Å². The molecule has 0 aliphatic carbocycles. The third kappa shape index (κ3) is 3.60. The van der Waals surface area contributed by atoms with E-state index in [9.17, 15) is 4.79 Å². The molecule has 0 saturated heterocycles. The third-order valence-corrected chi connectivity index (χ3v) is 1.65. The van der Waals surface area contributed by atoms with Crippen molar-refractivity contribution in [3.8, 4) is 0 Å². The second kappa shape index (κ2) is 4.50. The van der Waals surface area contributed by atoms with Gasteiger partial charge in [0.2, 0.25) is 0 Å². The van der Waals surface area contributed by atoms with Crippen molar-refractivity contribution in [1.82, 2.24) is 0 Å². The number of nitrogen functional groups attached to an aromatic ring is 1. The van der Waals surface area contributed by atoms with Gasteiger partial charge in [-0.25, -0.2) is 0 Å². The fraction of sp³-hybridized carbons (Fsp3) is 0.300. The number of carbonyl (C=O) groups excluding carboxylic acids is 1. The average molecular weight is 179 g/mol. The summed E-state index contributed by atoms with van der Waals surface area (Å²) >= 11 is 0. The van der Waals surface area contributed by atoms with Crippen LogP contribution in [-0.4, -0.2) is 12.6 Å². The third-order valence-electron chi connectivity index (χ3n) is 1.65. The van der Waals surface area contributed by atoms with E-state index >= 15 is 0 Å². The second-order valence-corrected chi connectivity index (χ2v) is 2.84. The largest absolute Gasteiger partial charge is 0.466 e. The lowest BCUT2D eigenvalue weighted by atomic mass is 10.1. The summed E-state index contributed by atoms with van der Waals surface area (Å²) in [6.45, 7) is 1.82. The van der Waals surface area contributed by atoms with Gasteiger partial charge >= 0.3 is 5.97 Å². The van der Waals surface area contributed by atoms with Gasteiger partial charge in [0.25, 0.3) is 0 Å². The number of esters is 1. The molecule has 0 unspecified atom stereocenters. The molecule has 3 heteroatoms. The Labute approximate surface area is 77.5 Å². The molecule has 0 radical (unpaired) electrons. The number of nitrogens with two attached hydrogens (primary N) is 1. The van der Waals surface area contributed by atoms with Crippen LogP contribution in [0.3, 0.4) is 0 Å². The molecule has 0 aliphatic rings. The summed E-state index contributed by atoms with van der Waals surface area (Å²) in [4.78, 5) is 10.5. The zero-order valence-electron chi connectivity index (χ0n) is 7.62. The Hall–Kier alpha value is -1.51. The molecule has 0 aromatic heterocycles. The van der Waals surface area contributed by atoms with Gasteiger partial charge in [0.15, 0.2) is 0 Å². The predicted molar refractivity (Wildman–Crippen MR) is 51.2 cm³/mol. The number of carbonyl (C=O) groups is 1. The Morgan fingerprint density at radius 1 is 1.54 bits per heavy atom. The van der Waals surface area contributed by atoms with Crippen LogP contribution in [0, 0.1) is 0 Å². The zero-order chi connectivity index (χ0) is 9.68. The minimum Gasteiger partial charge on any atom is -0.466 e. The molecule has 1 rings (SSSR count). The lowest BCUT2D eigenvalue weighted by Gasteiger charge is -2.02. The first kappa shape index (κ1) is 9.58. The maximum atomic E-state index is 10.5. The molecule has 3 nitrogen and oxygen atoms in total. The number of ether oxygens (including phenoxy) is 1. The van der Waals surface area contributed by atoms with Crippen LogP contribution in [0.4, 0.5) is 5.69 Å². The van der Waals surface area contributed by atoms with Crippen LogP contribution in [0.2, 0.25) is 0 Å². The molecular formula is C10H13NO2. The average Bonchev–Trinajstić information content (AvgIpc) is 2.03. The standard InChI is InChI=1S/C10H13NO2/c1-8(12)13-6-5-9-3-2-4-10(11)7-9/h2-4,7H,5-6,11H2,1H3. The highest BCUT2D eigenvalue weighted by molar-refractivity contribution is 5.65. The molecular weight excluding hydrogens is 166 g/mol. The minimum atomic E-state index is -0.246. The minimum absolute atomic E-state index is 0.246. The van der Waals surface area contributed by atoms with Crippen LogP contribution in [0.1, 0.15) is 12.5 Å². The fourth-order valence-corrected chi connectivity index (χ4v) is 1.06. The molecule has 1 aromatic rings. The summed E-state index contributed by atoms with van der Waals surface area (Å²) in [6.07, 6.45) is 0.713. The zero-order valence-corrected chi connectivity index (χ0v) is 7.62. The van der Waals surface area contributed by atoms with Crippen LogP contribution in [0.15, 0.2) is 24.3 Å². The number of hydrogen-bond acceptors (Lipinski definition) is 3. The Bertz CT molecular complexity index is 297. The van der Waals surface area contributed by atoms with Gasteiger partial charge in [0.1, 0.15) is 0 Å². The molecule has 0 heterocycles. The molecule has 13 heavy (non-hydrogen) atoms. The maximum absolute atomic E-state index is 10.5. The van der Waals surface area contributed by atoms with E-state index in [0.717, 1.165) is 11.3 Å². The normalized spacial score (nSPS) is 9.62. The van der Waals surface area contributed by atoms with Crippen molar-refractivity contribution in [3.63, 3.8) is 0 Å². The number of benzene rings is 1. The van der Waals surface area contributed by atoms with E-state index in [1.165, 1.54) is 6.92 Å². The Morgan fingerprint density at radius 3 is 2.92 bits per heavy atom. The van der Waals surface area contributed by atoms with Gasteiger partial charge in [-0.2, -0.15) is 0 Å². The lowest BCUT2D eigenvalue weighted by molar-refractivity contribution is -0.140. The molecule has 0 saturated carbocycles. The van der Waals surface area contributed by atoms with E-state index in [4.69, 9.17) is 10.5 Å². The van der Waals surface area contributed by atoms with E-state index in [1.807, 2.05) is 24.3 Å². The van der Waals surface area contributed by atoms with E-state index < -0.39 is 0 Å². The fourth-order valence-electron chi connectivity index (χ4n) is 1.06. The van der Waals surface area contributed by atoms with E-state index in [0.29, 0.717) is 13.0 Å². The Morgan fingerprint density at radius 2 is 2.31 bits per heavy atom. The predicted octanol–water partition coefficient (Wildman–Crippen LogP) is 1.37. The molecule has 0 amide bonds. The molecule has 70 valence electrons. The maximum Gasteiger partial charge on any atom is 0.302 e. The van der Waals surface area contributed by atoms with Crippen molar-refractivity contribution < 1.29 is 9.53 Å². The number of hydrogen-bond donors (Lipinski definition) is 1. The SMILES string of the molecule is CC(=O)OCCc1cccc(N)c1. The number of rotatable bonds is 3. The summed E-state index contributed by atoms with van der Waals surface area (Å²) in [6, 6.07) is 7.55. The van der Waals surface area contributed by atoms with Gasteiger partial charge < -0.3 is 10.5 Å². The van der Waals surface area contributed by atoms with E-state index in [1.54, 1.807) is 0 Å². The molecule has 2 N–H and O–H groups in total. The molecule has 0 fully saturated rings. The van der Waals surface area contributed by atoms with Crippen LogP contribution in [0.25, 0.3) is 0 Å². The van der Waals surface area contributed by atoms with Crippen molar-refractivity contribution in [2.24, 2.45) is 0 Å². The second-order valence-electron chi connectivity index (χ2n) is 2.84. The van der Waals surface area contributed by atoms with Gasteiger partial charge in [-0.15, -0.1) is 0 Å². The van der Waals surface area contributed by atoms with Crippen LogP contribution in [0.5, 0.6) is 0 Å². The molecule has 0 atom stereocenters. The van der Waals surface area contributed by atoms with Gasteiger partial charge in [-0.05, 0) is 17.7 Å². The summed E-state index contributed by atoms with van der Waals surface area (Å²) in [5.41, 5.74) is 7.40. The smallest absolute Gasteiger partial charge is 0.302 e. The van der Waals surface area contributed by atoms with Gasteiger partial charge in [0.05, 0.1) is 6.61 Å². The number of anilines is 1. The quantitative estimate of drug-likeness (QED) is 0.563. The lowest BCUT2D eigenvalue weighted by Crippen LogP contribution is -2.03. The molecule has 0 aliphatic heterocycles. The van der Waals surface area contributed by atoms with Crippen molar-refractivity contribution in [1.29, 1.82) is 0 Å². The van der Waals surface area contributed by atoms with Crippen molar-refractivity contribution in [3.05, 3.63) is 29.8 Å². The van der Waals surface area contributed by atoms with E-state index in [2.05, 4.69) is 0 Å². The highest BCUT2D eigenvalue weighted by Gasteiger charge is 1.95. The summed E-state index contributed by atoms with van der Waals surface area (Å²) in [5, 5.41) is 0. The Balaban J connectivity index is 2.41. The first-order valence-corrected chi connectivity index (χ1v) is 4.16. The van der Waals surface area contributed by atoms with Crippen LogP contribution < -0.4 is 5.73 Å². The highest BCUT2D eigenvalue weighted by atomic mass is 16.5. The molecule has 1 aromatic carbocycles. The summed E-state index contributed by atoms with van der Waals surface area (Å²) in [7, 11) is 0. The molecule has 0 bridgehead atoms. The van der Waals surface area contributed by atoms with Gasteiger partial charge in [-0.3, -0.25) is 4.79 Å². The Kier molecular flexibility index (Phi) is 3.31. The van der Waals surface area contributed by atoms with Crippen molar-refractivity contribution >= 4 is 11.7 Å². The van der Waals surface area contributed by atoms with Crippen LogP contribution in [-0.2, 0) is 16.0 Å². The first-order chi connectivity index (χ1) is 6.18. The summed E-state index contributed by atoms with van der Waals surface area (Å²) in [5.74, 6) is -0.246. The topological polar surface area (TPSA) is 52.3 Å². The van der Waals surface area contributed by atoms with Crippen LogP contribution >= 0.6 is 0 Å². The summed E-state index contributed by atoms with van der Waals surface area (Å²) < 4.78 is 4.81. The monoisotopic (exact) mass is 179 g/mol. The van der Waals surface area contributed by atoms with Crippen molar-refractivity contribution in [2.75, 3.05) is 12.3 Å². The van der Waals surface area contributed by atoms with Gasteiger partial charge in [-0.1, -0.05) is 12.1 Å². The highest BCUT2D eigenvalue weighted by Crippen LogP contribution is 2.06. The first-order valence-electron chi connectivity index (χ1n) is 4.16.